The van der Waals surface area contributed by atoms with E-state index in [0.29, 0.717) is 11.4 Å². The van der Waals surface area contributed by atoms with Gasteiger partial charge in [-0.25, -0.2) is 0 Å². The number of nitrogens with zero attached hydrogens (tertiary/aromatic N) is 1. The molecule has 0 bridgehead atoms. The maximum atomic E-state index is 11.9. The second-order valence-corrected chi connectivity index (χ2v) is 5.13. The van der Waals surface area contributed by atoms with Crippen LogP contribution < -0.4 is 10.1 Å². The molecule has 1 aliphatic rings. The minimum atomic E-state index is -0.410. The Hall–Kier alpha value is -2.02. The third-order valence-corrected chi connectivity index (χ3v) is 3.61. The van der Waals surface area contributed by atoms with Crippen molar-refractivity contribution in [3.05, 3.63) is 24.3 Å². The van der Waals surface area contributed by atoms with Crippen molar-refractivity contribution < 1.29 is 19.1 Å². The SMILES string of the molecule is COc1cccc(NC(=O)CN2C(=O)CSCC2=O)c1. The molecule has 0 radical (unpaired) electrons. The molecule has 1 aliphatic heterocycles. The molecule has 1 fully saturated rings. The highest BCUT2D eigenvalue weighted by molar-refractivity contribution is 8.00. The fourth-order valence-electron chi connectivity index (χ4n) is 1.74. The average Bonchev–Trinajstić information content (AvgIpc) is 2.43. The van der Waals surface area contributed by atoms with E-state index < -0.39 is 5.91 Å². The van der Waals surface area contributed by atoms with Crippen LogP contribution >= 0.6 is 11.8 Å². The average molecular weight is 294 g/mol. The number of methoxy groups -OCH3 is 1. The number of benzene rings is 1. The third-order valence-electron chi connectivity index (χ3n) is 2.71. The van der Waals surface area contributed by atoms with Crippen LogP contribution in [0.25, 0.3) is 0 Å². The molecule has 0 saturated carbocycles. The molecule has 20 heavy (non-hydrogen) atoms. The van der Waals surface area contributed by atoms with Gasteiger partial charge in [-0.2, -0.15) is 0 Å². The van der Waals surface area contributed by atoms with Gasteiger partial charge in [-0.05, 0) is 12.1 Å². The fourth-order valence-corrected chi connectivity index (χ4v) is 2.50. The first-order valence-corrected chi connectivity index (χ1v) is 7.10. The Morgan fingerprint density at radius 2 is 2.05 bits per heavy atom. The molecule has 6 nitrogen and oxygen atoms in total. The molecule has 1 saturated heterocycles. The van der Waals surface area contributed by atoms with Gasteiger partial charge >= 0.3 is 0 Å². The summed E-state index contributed by atoms with van der Waals surface area (Å²) in [5.74, 6) is 0.0198. The van der Waals surface area contributed by atoms with E-state index in [4.69, 9.17) is 4.74 Å². The van der Waals surface area contributed by atoms with Gasteiger partial charge in [-0.1, -0.05) is 6.07 Å². The minimum absolute atomic E-state index is 0.234. The zero-order chi connectivity index (χ0) is 14.5. The van der Waals surface area contributed by atoms with E-state index in [1.807, 2.05) is 0 Å². The van der Waals surface area contributed by atoms with Crippen molar-refractivity contribution >= 4 is 35.2 Å². The maximum absolute atomic E-state index is 11.9. The molecular weight excluding hydrogens is 280 g/mol. The standard InChI is InChI=1S/C13H14N2O4S/c1-19-10-4-2-3-9(5-10)14-11(16)6-15-12(17)7-20-8-13(15)18/h2-5H,6-8H2,1H3,(H,14,16). The van der Waals surface area contributed by atoms with E-state index in [2.05, 4.69) is 5.32 Å². The topological polar surface area (TPSA) is 75.7 Å². The summed E-state index contributed by atoms with van der Waals surface area (Å²) in [5, 5.41) is 2.63. The molecule has 0 aromatic heterocycles. The summed E-state index contributed by atoms with van der Waals surface area (Å²) in [6.45, 7) is -0.255. The largest absolute Gasteiger partial charge is 0.497 e. The molecule has 1 aromatic carbocycles. The predicted molar refractivity (Wildman–Crippen MR) is 75.7 cm³/mol. The molecule has 0 aliphatic carbocycles. The van der Waals surface area contributed by atoms with Gasteiger partial charge < -0.3 is 10.1 Å². The quantitative estimate of drug-likeness (QED) is 0.829. The lowest BCUT2D eigenvalue weighted by molar-refractivity contribution is -0.144. The molecule has 1 aromatic rings. The molecule has 7 heteroatoms. The zero-order valence-corrected chi connectivity index (χ0v) is 11.7. The number of hydrogen-bond acceptors (Lipinski definition) is 5. The normalized spacial score (nSPS) is 15.2. The molecule has 0 spiro atoms. The Morgan fingerprint density at radius 3 is 2.70 bits per heavy atom. The monoisotopic (exact) mass is 294 g/mol. The summed E-state index contributed by atoms with van der Waals surface area (Å²) in [4.78, 5) is 36.0. The van der Waals surface area contributed by atoms with Crippen LogP contribution in [0.2, 0.25) is 0 Å². The number of rotatable bonds is 4. The van der Waals surface area contributed by atoms with Crippen LogP contribution in [-0.2, 0) is 14.4 Å². The fraction of sp³-hybridized carbons (Fsp3) is 0.308. The Kier molecular flexibility index (Phi) is 4.62. The highest BCUT2D eigenvalue weighted by Gasteiger charge is 2.28. The van der Waals surface area contributed by atoms with Crippen molar-refractivity contribution in [2.75, 3.05) is 30.5 Å². The van der Waals surface area contributed by atoms with Gasteiger partial charge in [0.25, 0.3) is 0 Å². The van der Waals surface area contributed by atoms with Gasteiger partial charge in [-0.15, -0.1) is 11.8 Å². The molecule has 106 valence electrons. The molecule has 2 rings (SSSR count). The van der Waals surface area contributed by atoms with Crippen LogP contribution in [-0.4, -0.2) is 47.8 Å². The Morgan fingerprint density at radius 1 is 1.35 bits per heavy atom. The molecule has 0 unspecified atom stereocenters. The molecule has 0 atom stereocenters. The number of ether oxygens (including phenoxy) is 1. The van der Waals surface area contributed by atoms with Crippen LogP contribution in [0, 0.1) is 0 Å². The van der Waals surface area contributed by atoms with Crippen LogP contribution in [0.3, 0.4) is 0 Å². The van der Waals surface area contributed by atoms with Crippen molar-refractivity contribution in [1.82, 2.24) is 4.90 Å². The van der Waals surface area contributed by atoms with Gasteiger partial charge in [0, 0.05) is 11.8 Å². The number of amides is 3. The van der Waals surface area contributed by atoms with Gasteiger partial charge in [-0.3, -0.25) is 19.3 Å². The van der Waals surface area contributed by atoms with E-state index in [0.717, 1.165) is 4.90 Å². The van der Waals surface area contributed by atoms with Crippen LogP contribution in [0.4, 0.5) is 5.69 Å². The van der Waals surface area contributed by atoms with Gasteiger partial charge in [0.15, 0.2) is 0 Å². The lowest BCUT2D eigenvalue weighted by Gasteiger charge is -2.23. The first-order chi connectivity index (χ1) is 9.60. The molecule has 1 heterocycles. The summed E-state index contributed by atoms with van der Waals surface area (Å²) >= 11 is 1.26. The Bertz CT molecular complexity index is 531. The minimum Gasteiger partial charge on any atom is -0.497 e. The number of anilines is 1. The highest BCUT2D eigenvalue weighted by Crippen LogP contribution is 2.17. The number of carbonyl (C=O) groups excluding carboxylic acids is 3. The highest BCUT2D eigenvalue weighted by atomic mass is 32.2. The second-order valence-electron chi connectivity index (χ2n) is 4.15. The van der Waals surface area contributed by atoms with Crippen molar-refractivity contribution in [2.24, 2.45) is 0 Å². The maximum Gasteiger partial charge on any atom is 0.244 e. The smallest absolute Gasteiger partial charge is 0.244 e. The molecule has 1 N–H and O–H groups in total. The molecular formula is C13H14N2O4S. The van der Waals surface area contributed by atoms with Crippen molar-refractivity contribution in [2.45, 2.75) is 0 Å². The summed E-state index contributed by atoms with van der Waals surface area (Å²) in [6.07, 6.45) is 0. The number of carbonyl (C=O) groups is 3. The number of imide groups is 1. The van der Waals surface area contributed by atoms with Crippen LogP contribution in [0.1, 0.15) is 0 Å². The zero-order valence-electron chi connectivity index (χ0n) is 10.9. The van der Waals surface area contributed by atoms with Crippen molar-refractivity contribution in [1.29, 1.82) is 0 Å². The number of nitrogens with one attached hydrogen (secondary N) is 1. The van der Waals surface area contributed by atoms with Crippen LogP contribution in [0.5, 0.6) is 5.75 Å². The van der Waals surface area contributed by atoms with Gasteiger partial charge in [0.05, 0.1) is 18.6 Å². The lowest BCUT2D eigenvalue weighted by Crippen LogP contribution is -2.46. The first kappa shape index (κ1) is 14.4. The summed E-state index contributed by atoms with van der Waals surface area (Å²) in [5.41, 5.74) is 0.556. The first-order valence-electron chi connectivity index (χ1n) is 5.95. The predicted octanol–water partition coefficient (Wildman–Crippen LogP) is 0.736. The van der Waals surface area contributed by atoms with E-state index >= 15 is 0 Å². The Balaban J connectivity index is 1.97. The summed E-state index contributed by atoms with van der Waals surface area (Å²) in [6, 6.07) is 6.86. The van der Waals surface area contributed by atoms with E-state index in [1.165, 1.54) is 18.9 Å². The van der Waals surface area contributed by atoms with E-state index in [-0.39, 0.29) is 29.9 Å². The number of hydrogen-bond donors (Lipinski definition) is 1. The Labute approximate surface area is 120 Å². The molecule has 3 amide bonds. The summed E-state index contributed by atoms with van der Waals surface area (Å²) in [7, 11) is 1.53. The third kappa shape index (κ3) is 3.51. The van der Waals surface area contributed by atoms with Crippen LogP contribution in [0.15, 0.2) is 24.3 Å². The van der Waals surface area contributed by atoms with Gasteiger partial charge in [0.2, 0.25) is 17.7 Å². The van der Waals surface area contributed by atoms with E-state index in [1.54, 1.807) is 24.3 Å². The van der Waals surface area contributed by atoms with Crippen molar-refractivity contribution in [3.8, 4) is 5.75 Å². The van der Waals surface area contributed by atoms with E-state index in [9.17, 15) is 14.4 Å². The van der Waals surface area contributed by atoms with Crippen molar-refractivity contribution in [3.63, 3.8) is 0 Å². The second kappa shape index (κ2) is 6.42. The van der Waals surface area contributed by atoms with Gasteiger partial charge in [0.1, 0.15) is 12.3 Å². The lowest BCUT2D eigenvalue weighted by atomic mass is 10.3. The number of thioether (sulfide) groups is 1. The summed E-state index contributed by atoms with van der Waals surface area (Å²) < 4.78 is 5.05.